The minimum absolute atomic E-state index is 0.0850. The molecule has 1 N–H and O–H groups in total. The van der Waals surface area contributed by atoms with Crippen molar-refractivity contribution in [1.29, 1.82) is 0 Å². The molecular weight excluding hydrogens is 400 g/mol. The zero-order valence-corrected chi connectivity index (χ0v) is 18.6. The van der Waals surface area contributed by atoms with Crippen LogP contribution >= 0.6 is 0 Å². The number of carbonyl (C=O) groups excluding carboxylic acids is 2. The molecule has 1 saturated carbocycles. The van der Waals surface area contributed by atoms with Gasteiger partial charge in [0.25, 0.3) is 11.9 Å². The Bertz CT molecular complexity index is 913. The van der Waals surface area contributed by atoms with E-state index in [1.165, 1.54) is 11.8 Å². The average molecular weight is 431 g/mol. The van der Waals surface area contributed by atoms with E-state index in [4.69, 9.17) is 18.6 Å². The van der Waals surface area contributed by atoms with Crippen molar-refractivity contribution in [3.05, 3.63) is 41.7 Å². The molecule has 8 heteroatoms. The Labute approximate surface area is 182 Å². The Kier molecular flexibility index (Phi) is 7.35. The van der Waals surface area contributed by atoms with Gasteiger partial charge in [-0.15, -0.1) is 0 Å². The van der Waals surface area contributed by atoms with Crippen molar-refractivity contribution in [3.63, 3.8) is 0 Å². The highest BCUT2D eigenvalue weighted by atomic mass is 16.6. The molecule has 0 bridgehead atoms. The first-order chi connectivity index (χ1) is 14.8. The van der Waals surface area contributed by atoms with Crippen LogP contribution in [0.1, 0.15) is 42.3 Å². The second-order valence-electron chi connectivity index (χ2n) is 7.73. The molecule has 1 fully saturated rings. The molecule has 2 aromatic rings. The van der Waals surface area contributed by atoms with Crippen molar-refractivity contribution in [2.75, 3.05) is 26.2 Å². The van der Waals surface area contributed by atoms with E-state index in [9.17, 15) is 9.59 Å². The molecule has 31 heavy (non-hydrogen) atoms. The van der Waals surface area contributed by atoms with E-state index in [1.807, 2.05) is 19.1 Å². The summed E-state index contributed by atoms with van der Waals surface area (Å²) < 4.78 is 22.6. The molecule has 1 aliphatic carbocycles. The molecule has 1 aliphatic rings. The number of nitrogens with one attached hydrogen (secondary N) is 1. The van der Waals surface area contributed by atoms with Crippen LogP contribution in [0.3, 0.4) is 0 Å². The van der Waals surface area contributed by atoms with Crippen LogP contribution in [-0.2, 0) is 14.3 Å². The highest BCUT2D eigenvalue weighted by Gasteiger charge is 2.35. The summed E-state index contributed by atoms with van der Waals surface area (Å²) in [6, 6.07) is 8.36. The number of hydrogen-bond donors (Lipinski definition) is 1. The van der Waals surface area contributed by atoms with E-state index < -0.39 is 0 Å². The van der Waals surface area contributed by atoms with Gasteiger partial charge in [0.05, 0.1) is 18.2 Å². The van der Waals surface area contributed by atoms with Crippen molar-refractivity contribution in [2.45, 2.75) is 51.4 Å². The Balaban J connectivity index is 1.72. The second kappa shape index (κ2) is 9.98. The van der Waals surface area contributed by atoms with E-state index in [1.54, 1.807) is 39.5 Å². The molecule has 2 unspecified atom stereocenters. The third-order valence-corrected chi connectivity index (χ3v) is 5.73. The predicted octanol–water partition coefficient (Wildman–Crippen LogP) is 3.68. The molecule has 1 aromatic heterocycles. The number of ether oxygens (including phenoxy) is 3. The van der Waals surface area contributed by atoms with Gasteiger partial charge < -0.3 is 28.8 Å². The average Bonchev–Trinajstić information content (AvgIpc) is 3.23. The number of benzene rings is 1. The third kappa shape index (κ3) is 5.26. The summed E-state index contributed by atoms with van der Waals surface area (Å²) in [5.74, 6) is 0.426. The van der Waals surface area contributed by atoms with Crippen molar-refractivity contribution in [1.82, 2.24) is 5.32 Å². The van der Waals surface area contributed by atoms with E-state index in [2.05, 4.69) is 5.32 Å². The summed E-state index contributed by atoms with van der Waals surface area (Å²) in [4.78, 5) is 25.9. The largest absolute Gasteiger partial charge is 0.426 e. The van der Waals surface area contributed by atoms with Crippen LogP contribution in [0, 0.1) is 6.92 Å². The fraction of sp³-hybridized carbons (Fsp3) is 0.478. The first-order valence-electron chi connectivity index (χ1n) is 10.3. The summed E-state index contributed by atoms with van der Waals surface area (Å²) in [6.07, 6.45) is 2.48. The van der Waals surface area contributed by atoms with Gasteiger partial charge in [-0.2, -0.15) is 0 Å². The molecule has 0 radical (unpaired) electrons. The van der Waals surface area contributed by atoms with E-state index in [0.717, 1.165) is 24.8 Å². The first kappa shape index (κ1) is 22.8. The van der Waals surface area contributed by atoms with Gasteiger partial charge >= 0.3 is 0 Å². The monoisotopic (exact) mass is 430 g/mol. The minimum Gasteiger partial charge on any atom is -0.426 e. The Hall–Kier alpha value is -2.84. The highest BCUT2D eigenvalue weighted by Crippen LogP contribution is 2.31. The fourth-order valence-corrected chi connectivity index (χ4v) is 3.75. The lowest BCUT2D eigenvalue weighted by Crippen LogP contribution is -2.54. The molecule has 1 heterocycles. The number of methoxy groups -OCH3 is 2. The normalized spacial score (nSPS) is 20.9. The second-order valence-corrected chi connectivity index (χ2v) is 7.73. The highest BCUT2D eigenvalue weighted by molar-refractivity contribution is 5.92. The maximum Gasteiger partial charge on any atom is 0.290 e. The van der Waals surface area contributed by atoms with E-state index in [0.29, 0.717) is 11.4 Å². The van der Waals surface area contributed by atoms with Crippen molar-refractivity contribution >= 4 is 17.5 Å². The number of anilines is 1. The molecule has 8 nitrogen and oxygen atoms in total. The molecular formula is C23H30N2O6. The SMILES string of the molecule is COC1CCCC(OC)C1NC(=O)c1ccc(Oc2cc(N(C)C(C)=O)ccc2C)o1. The number of aryl methyl sites for hydroxylation is 1. The van der Waals surface area contributed by atoms with E-state index >= 15 is 0 Å². The van der Waals surface area contributed by atoms with Crippen LogP contribution in [-0.4, -0.2) is 51.3 Å². The maximum atomic E-state index is 12.8. The third-order valence-electron chi connectivity index (χ3n) is 5.73. The number of amides is 2. The quantitative estimate of drug-likeness (QED) is 0.721. The lowest BCUT2D eigenvalue weighted by molar-refractivity contribution is -0.116. The summed E-state index contributed by atoms with van der Waals surface area (Å²) in [5.41, 5.74) is 1.57. The molecule has 168 valence electrons. The van der Waals surface area contributed by atoms with Crippen LogP contribution in [0.2, 0.25) is 0 Å². The lowest BCUT2D eigenvalue weighted by Gasteiger charge is -2.36. The number of rotatable bonds is 7. The van der Waals surface area contributed by atoms with Gasteiger partial charge in [0.1, 0.15) is 5.75 Å². The lowest BCUT2D eigenvalue weighted by atomic mass is 9.89. The van der Waals surface area contributed by atoms with Crippen molar-refractivity contribution in [3.8, 4) is 11.7 Å². The molecule has 2 atom stereocenters. The predicted molar refractivity (Wildman–Crippen MR) is 116 cm³/mol. The molecule has 0 aliphatic heterocycles. The van der Waals surface area contributed by atoms with Gasteiger partial charge in [0.2, 0.25) is 5.91 Å². The summed E-state index contributed by atoms with van der Waals surface area (Å²) in [5, 5.41) is 2.98. The topological polar surface area (TPSA) is 90.2 Å². The number of carbonyl (C=O) groups is 2. The standard InChI is InChI=1S/C23H30N2O6/c1-14-9-10-16(25(3)15(2)26)13-20(14)31-21-12-11-19(30-21)23(27)24-22-17(28-4)7-6-8-18(22)29-5/h9-13,17-18,22H,6-8H2,1-5H3,(H,24,27). The van der Waals surface area contributed by atoms with Crippen LogP contribution in [0.25, 0.3) is 0 Å². The zero-order chi connectivity index (χ0) is 22.5. The van der Waals surface area contributed by atoms with Crippen LogP contribution in [0.5, 0.6) is 11.7 Å². The smallest absolute Gasteiger partial charge is 0.290 e. The van der Waals surface area contributed by atoms with Gasteiger partial charge in [-0.3, -0.25) is 9.59 Å². The number of furan rings is 1. The van der Waals surface area contributed by atoms with Crippen LogP contribution in [0.15, 0.2) is 34.7 Å². The van der Waals surface area contributed by atoms with Crippen molar-refractivity contribution < 1.29 is 28.2 Å². The molecule has 2 amide bonds. The van der Waals surface area contributed by atoms with E-state index in [-0.39, 0.29) is 41.8 Å². The first-order valence-corrected chi connectivity index (χ1v) is 10.3. The minimum atomic E-state index is -0.354. The molecule has 3 rings (SSSR count). The van der Waals surface area contributed by atoms with Crippen molar-refractivity contribution in [2.24, 2.45) is 0 Å². The summed E-state index contributed by atoms with van der Waals surface area (Å²) >= 11 is 0. The fourth-order valence-electron chi connectivity index (χ4n) is 3.75. The summed E-state index contributed by atoms with van der Waals surface area (Å²) in [6.45, 7) is 3.38. The van der Waals surface area contributed by atoms with Crippen LogP contribution in [0.4, 0.5) is 5.69 Å². The number of nitrogens with zero attached hydrogens (tertiary/aromatic N) is 1. The Morgan fingerprint density at radius 3 is 2.39 bits per heavy atom. The van der Waals surface area contributed by atoms with Gasteiger partial charge in [0.15, 0.2) is 5.76 Å². The van der Waals surface area contributed by atoms with Gasteiger partial charge in [0, 0.05) is 46.0 Å². The Morgan fingerprint density at radius 1 is 1.10 bits per heavy atom. The van der Waals surface area contributed by atoms with Gasteiger partial charge in [-0.05, 0) is 43.9 Å². The van der Waals surface area contributed by atoms with Gasteiger partial charge in [-0.25, -0.2) is 0 Å². The molecule has 0 spiro atoms. The Morgan fingerprint density at radius 2 is 1.77 bits per heavy atom. The van der Waals surface area contributed by atoms with Gasteiger partial charge in [-0.1, -0.05) is 6.07 Å². The van der Waals surface area contributed by atoms with Crippen LogP contribution < -0.4 is 15.0 Å². The maximum absolute atomic E-state index is 12.8. The summed E-state index contributed by atoms with van der Waals surface area (Å²) in [7, 11) is 4.97. The number of hydrogen-bond acceptors (Lipinski definition) is 6. The molecule has 0 saturated heterocycles. The zero-order valence-electron chi connectivity index (χ0n) is 18.6. The molecule has 1 aromatic carbocycles.